The van der Waals surface area contributed by atoms with Crippen LogP contribution in [0, 0.1) is 5.41 Å². The van der Waals surface area contributed by atoms with Crippen LogP contribution in [-0.4, -0.2) is 35.2 Å². The van der Waals surface area contributed by atoms with Gasteiger partial charge in [0.1, 0.15) is 0 Å². The van der Waals surface area contributed by atoms with Crippen molar-refractivity contribution < 1.29 is 9.90 Å². The summed E-state index contributed by atoms with van der Waals surface area (Å²) in [5.74, 6) is 0. The van der Waals surface area contributed by atoms with Gasteiger partial charge in [-0.3, -0.25) is 0 Å². The van der Waals surface area contributed by atoms with Gasteiger partial charge in [-0.2, -0.15) is 0 Å². The minimum absolute atomic E-state index is 0.145. The number of carboxylic acid groups (broad SMARTS) is 1. The Morgan fingerprint density at radius 2 is 2.07 bits per heavy atom. The van der Waals surface area contributed by atoms with E-state index in [1.807, 2.05) is 0 Å². The SMILES string of the molecule is [N-]=[N+]=NC1CC2(CCN(C(=O)O)CC2)C1. The molecule has 1 saturated heterocycles. The molecule has 1 amide bonds. The molecule has 82 valence electrons. The maximum atomic E-state index is 10.7. The first kappa shape index (κ1) is 10.1. The van der Waals surface area contributed by atoms with E-state index in [1.54, 1.807) is 0 Å². The number of carbonyl (C=O) groups is 1. The maximum Gasteiger partial charge on any atom is 0.407 e. The predicted molar refractivity (Wildman–Crippen MR) is 53.4 cm³/mol. The molecule has 6 nitrogen and oxygen atoms in total. The first-order valence-corrected chi connectivity index (χ1v) is 5.17. The molecule has 1 aliphatic heterocycles. The van der Waals surface area contributed by atoms with E-state index in [0.717, 1.165) is 25.7 Å². The summed E-state index contributed by atoms with van der Waals surface area (Å²) < 4.78 is 0. The third kappa shape index (κ3) is 1.85. The zero-order chi connectivity index (χ0) is 10.9. The van der Waals surface area contributed by atoms with Gasteiger partial charge in [0.2, 0.25) is 0 Å². The second-order valence-corrected chi connectivity index (χ2v) is 4.54. The van der Waals surface area contributed by atoms with Crippen LogP contribution in [0.15, 0.2) is 5.11 Å². The van der Waals surface area contributed by atoms with Gasteiger partial charge < -0.3 is 10.0 Å². The van der Waals surface area contributed by atoms with E-state index in [9.17, 15) is 4.79 Å². The average molecular weight is 210 g/mol. The maximum absolute atomic E-state index is 10.7. The standard InChI is InChI=1S/C9H14N4O2/c10-12-11-7-5-9(6-7)1-3-13(4-2-9)8(14)15/h7H,1-6H2,(H,14,15). The van der Waals surface area contributed by atoms with E-state index in [4.69, 9.17) is 10.6 Å². The quantitative estimate of drug-likeness (QED) is 0.408. The molecule has 0 radical (unpaired) electrons. The van der Waals surface area contributed by atoms with E-state index >= 15 is 0 Å². The largest absolute Gasteiger partial charge is 0.465 e. The molecule has 1 heterocycles. The Hall–Kier alpha value is -1.42. The van der Waals surface area contributed by atoms with Gasteiger partial charge in [-0.25, -0.2) is 4.79 Å². The number of hydrogen-bond acceptors (Lipinski definition) is 2. The zero-order valence-corrected chi connectivity index (χ0v) is 8.46. The number of rotatable bonds is 1. The Bertz CT molecular complexity index is 308. The Morgan fingerprint density at radius 1 is 1.47 bits per heavy atom. The number of piperidine rings is 1. The van der Waals surface area contributed by atoms with Crippen LogP contribution >= 0.6 is 0 Å². The summed E-state index contributed by atoms with van der Waals surface area (Å²) in [4.78, 5) is 15.0. The third-order valence-electron chi connectivity index (χ3n) is 3.65. The van der Waals surface area contributed by atoms with Gasteiger partial charge in [-0.05, 0) is 36.6 Å². The van der Waals surface area contributed by atoms with E-state index in [0.29, 0.717) is 13.1 Å². The number of hydrogen-bond donors (Lipinski definition) is 1. The van der Waals surface area contributed by atoms with Gasteiger partial charge in [-0.15, -0.1) is 0 Å². The number of amides is 1. The minimum atomic E-state index is -0.823. The van der Waals surface area contributed by atoms with Crippen LogP contribution in [-0.2, 0) is 0 Å². The molecule has 0 unspecified atom stereocenters. The molecular formula is C9H14N4O2. The lowest BCUT2D eigenvalue weighted by molar-refractivity contribution is 0.0214. The van der Waals surface area contributed by atoms with Crippen molar-refractivity contribution in [3.63, 3.8) is 0 Å². The highest BCUT2D eigenvalue weighted by Crippen LogP contribution is 2.50. The molecule has 15 heavy (non-hydrogen) atoms. The Morgan fingerprint density at radius 3 is 2.53 bits per heavy atom. The van der Waals surface area contributed by atoms with Gasteiger partial charge in [0.25, 0.3) is 0 Å². The molecule has 0 aromatic heterocycles. The van der Waals surface area contributed by atoms with Crippen LogP contribution in [0.3, 0.4) is 0 Å². The first-order chi connectivity index (χ1) is 7.15. The van der Waals surface area contributed by atoms with Crippen LogP contribution < -0.4 is 0 Å². The number of likely N-dealkylation sites (tertiary alicyclic amines) is 1. The van der Waals surface area contributed by atoms with Gasteiger partial charge >= 0.3 is 6.09 Å². The number of azide groups is 1. The molecule has 6 heteroatoms. The lowest BCUT2D eigenvalue weighted by Gasteiger charge is -2.50. The lowest BCUT2D eigenvalue weighted by Crippen LogP contribution is -2.49. The van der Waals surface area contributed by atoms with Crippen LogP contribution in [0.4, 0.5) is 4.79 Å². The highest BCUT2D eigenvalue weighted by atomic mass is 16.4. The van der Waals surface area contributed by atoms with E-state index < -0.39 is 6.09 Å². The summed E-state index contributed by atoms with van der Waals surface area (Å²) >= 11 is 0. The van der Waals surface area contributed by atoms with Crippen LogP contribution in [0.2, 0.25) is 0 Å². The topological polar surface area (TPSA) is 89.3 Å². The molecular weight excluding hydrogens is 196 g/mol. The van der Waals surface area contributed by atoms with Gasteiger partial charge in [0, 0.05) is 24.0 Å². The third-order valence-corrected chi connectivity index (χ3v) is 3.65. The molecule has 0 aromatic rings. The predicted octanol–water partition coefficient (Wildman–Crippen LogP) is 2.22. The van der Waals surface area contributed by atoms with Crippen molar-refractivity contribution in [3.8, 4) is 0 Å². The molecule has 2 aliphatic rings. The van der Waals surface area contributed by atoms with Gasteiger partial charge in [0.15, 0.2) is 0 Å². The fraction of sp³-hybridized carbons (Fsp3) is 0.889. The fourth-order valence-electron chi connectivity index (χ4n) is 2.68. The van der Waals surface area contributed by atoms with Gasteiger partial charge in [-0.1, -0.05) is 5.11 Å². The highest BCUT2D eigenvalue weighted by Gasteiger charge is 2.45. The molecule has 2 rings (SSSR count). The second-order valence-electron chi connectivity index (χ2n) is 4.54. The normalized spacial score (nSPS) is 24.4. The van der Waals surface area contributed by atoms with Crippen LogP contribution in [0.25, 0.3) is 10.4 Å². The van der Waals surface area contributed by atoms with Crippen molar-refractivity contribution in [2.75, 3.05) is 13.1 Å². The summed E-state index contributed by atoms with van der Waals surface area (Å²) in [6.07, 6.45) is 2.87. The highest BCUT2D eigenvalue weighted by molar-refractivity contribution is 5.65. The molecule has 2 fully saturated rings. The lowest BCUT2D eigenvalue weighted by atomic mass is 9.60. The molecule has 0 aromatic carbocycles. The summed E-state index contributed by atoms with van der Waals surface area (Å²) in [5.41, 5.74) is 8.54. The Labute approximate surface area is 87.5 Å². The average Bonchev–Trinajstić information content (AvgIpc) is 2.16. The summed E-state index contributed by atoms with van der Waals surface area (Å²) in [6.45, 7) is 1.25. The van der Waals surface area contributed by atoms with Crippen molar-refractivity contribution >= 4 is 6.09 Å². The fourth-order valence-corrected chi connectivity index (χ4v) is 2.68. The summed E-state index contributed by atoms with van der Waals surface area (Å²) in [5, 5.41) is 12.5. The molecule has 0 bridgehead atoms. The molecule has 1 saturated carbocycles. The van der Waals surface area contributed by atoms with Crippen LogP contribution in [0.1, 0.15) is 25.7 Å². The van der Waals surface area contributed by atoms with Gasteiger partial charge in [0.05, 0.1) is 0 Å². The van der Waals surface area contributed by atoms with Crippen molar-refractivity contribution in [2.24, 2.45) is 10.5 Å². The molecule has 0 atom stereocenters. The van der Waals surface area contributed by atoms with Crippen molar-refractivity contribution in [2.45, 2.75) is 31.7 Å². The monoisotopic (exact) mass is 210 g/mol. The van der Waals surface area contributed by atoms with Crippen molar-refractivity contribution in [1.29, 1.82) is 0 Å². The first-order valence-electron chi connectivity index (χ1n) is 5.17. The van der Waals surface area contributed by atoms with Crippen LogP contribution in [0.5, 0.6) is 0 Å². The molecule has 1 aliphatic carbocycles. The minimum Gasteiger partial charge on any atom is -0.465 e. The second kappa shape index (κ2) is 3.62. The van der Waals surface area contributed by atoms with E-state index in [2.05, 4.69) is 10.0 Å². The Balaban J connectivity index is 1.85. The summed E-state index contributed by atoms with van der Waals surface area (Å²) in [7, 11) is 0. The molecule has 1 spiro atoms. The smallest absolute Gasteiger partial charge is 0.407 e. The van der Waals surface area contributed by atoms with E-state index in [1.165, 1.54) is 4.90 Å². The summed E-state index contributed by atoms with van der Waals surface area (Å²) in [6, 6.07) is 0.145. The molecule has 1 N–H and O–H groups in total. The zero-order valence-electron chi connectivity index (χ0n) is 8.46. The van der Waals surface area contributed by atoms with Crippen molar-refractivity contribution in [1.82, 2.24) is 4.90 Å². The number of nitrogens with zero attached hydrogens (tertiary/aromatic N) is 4. The van der Waals surface area contributed by atoms with E-state index in [-0.39, 0.29) is 11.5 Å². The van der Waals surface area contributed by atoms with Crippen molar-refractivity contribution in [3.05, 3.63) is 10.4 Å². The Kier molecular flexibility index (Phi) is 2.44.